The maximum atomic E-state index is 12.4. The second-order valence-corrected chi connectivity index (χ2v) is 5.43. The van der Waals surface area contributed by atoms with Crippen LogP contribution in [0.15, 0.2) is 24.3 Å². The van der Waals surface area contributed by atoms with Gasteiger partial charge in [-0.3, -0.25) is 0 Å². The lowest BCUT2D eigenvalue weighted by molar-refractivity contribution is -0.227. The lowest BCUT2D eigenvalue weighted by Crippen LogP contribution is -2.49. The van der Waals surface area contributed by atoms with Crippen LogP contribution in [0.2, 0.25) is 0 Å². The second-order valence-electron chi connectivity index (χ2n) is 3.65. The van der Waals surface area contributed by atoms with Crippen molar-refractivity contribution >= 4 is 10.0 Å². The molecule has 8 heteroatoms. The number of hydrogen-bond donors (Lipinski definition) is 1. The van der Waals surface area contributed by atoms with E-state index in [2.05, 4.69) is 4.74 Å². The van der Waals surface area contributed by atoms with E-state index in [0.717, 1.165) is 13.0 Å². The number of nitrogens with two attached hydrogens (primary N) is 1. The van der Waals surface area contributed by atoms with Gasteiger partial charge in [0.2, 0.25) is 15.0 Å². The molecule has 0 aromatic carbocycles. The minimum Gasteiger partial charge on any atom is -0.341 e. The summed E-state index contributed by atoms with van der Waals surface area (Å²) in [7, 11) is -4.30. The Hall–Kier alpha value is -0.860. The number of sulfonamides is 1. The Morgan fingerprint density at radius 3 is 2.35 bits per heavy atom. The van der Waals surface area contributed by atoms with Gasteiger partial charge in [0.05, 0.1) is 0 Å². The Kier molecular flexibility index (Phi) is 3.70. The van der Waals surface area contributed by atoms with Crippen molar-refractivity contribution in [2.75, 3.05) is 0 Å². The fourth-order valence-electron chi connectivity index (χ4n) is 1.31. The molecule has 0 spiro atoms. The van der Waals surface area contributed by atoms with Crippen LogP contribution in [0.25, 0.3) is 0 Å². The van der Waals surface area contributed by atoms with Crippen molar-refractivity contribution in [1.29, 1.82) is 0 Å². The van der Waals surface area contributed by atoms with Gasteiger partial charge in [-0.05, 0) is 13.0 Å². The van der Waals surface area contributed by atoms with Gasteiger partial charge in [-0.1, -0.05) is 18.2 Å². The van der Waals surface area contributed by atoms with E-state index in [-0.39, 0.29) is 6.42 Å². The Balaban J connectivity index is 3.04. The Morgan fingerprint density at radius 1 is 1.41 bits per heavy atom. The summed E-state index contributed by atoms with van der Waals surface area (Å²) in [5.74, 6) is 0. The Bertz CT molecular complexity index is 441. The highest BCUT2D eigenvalue weighted by atomic mass is 32.2. The fraction of sp³-hybridized carbons (Fsp3) is 0.556. The molecule has 2 N–H and O–H groups in total. The first-order chi connectivity index (χ1) is 7.58. The number of ether oxygens (including phenoxy) is 1. The van der Waals surface area contributed by atoms with Crippen LogP contribution in [0, 0.1) is 0 Å². The van der Waals surface area contributed by atoms with Gasteiger partial charge in [-0.25, -0.2) is 13.6 Å². The number of allylic oxidation sites excluding steroid dienone is 2. The monoisotopic (exact) mass is 271 g/mol. The molecule has 0 radical (unpaired) electrons. The topological polar surface area (TPSA) is 69.4 Å². The molecule has 0 saturated heterocycles. The van der Waals surface area contributed by atoms with Gasteiger partial charge in [0.25, 0.3) is 0 Å². The van der Waals surface area contributed by atoms with Crippen LogP contribution >= 0.6 is 0 Å². The van der Waals surface area contributed by atoms with E-state index in [1.54, 1.807) is 0 Å². The summed E-state index contributed by atoms with van der Waals surface area (Å²) < 4.78 is 64.5. The molecule has 2 atom stereocenters. The fourth-order valence-corrected chi connectivity index (χ4v) is 2.19. The van der Waals surface area contributed by atoms with Crippen molar-refractivity contribution in [2.24, 2.45) is 5.14 Å². The first kappa shape index (κ1) is 14.2. The predicted octanol–water partition coefficient (Wildman–Crippen LogP) is 1.45. The largest absolute Gasteiger partial charge is 0.414 e. The summed E-state index contributed by atoms with van der Waals surface area (Å²) in [6.07, 6.45) is -1.92. The maximum absolute atomic E-state index is 12.4. The van der Waals surface area contributed by atoms with Crippen LogP contribution in [0.1, 0.15) is 13.3 Å². The standard InChI is InChI=1S/C9H12F3NO3S/c1-7(9(10,11)12)16-8(17(13,14)15)5-3-2-4-6-8/h2-5,7H,6H2,1H3,(H2,13,14,15). The third-order valence-electron chi connectivity index (χ3n) is 2.32. The molecule has 1 aliphatic carbocycles. The van der Waals surface area contributed by atoms with E-state index >= 15 is 0 Å². The second kappa shape index (κ2) is 4.43. The maximum Gasteiger partial charge on any atom is 0.414 e. The lowest BCUT2D eigenvalue weighted by Gasteiger charge is -2.32. The Labute approximate surface area is 97.0 Å². The van der Waals surface area contributed by atoms with Crippen LogP contribution in [0.5, 0.6) is 0 Å². The van der Waals surface area contributed by atoms with Gasteiger partial charge in [-0.15, -0.1) is 0 Å². The first-order valence-electron chi connectivity index (χ1n) is 4.70. The smallest absolute Gasteiger partial charge is 0.341 e. The van der Waals surface area contributed by atoms with Crippen molar-refractivity contribution < 1.29 is 26.3 Å². The molecule has 1 aliphatic rings. The zero-order chi connectivity index (χ0) is 13.3. The number of alkyl halides is 3. The van der Waals surface area contributed by atoms with Crippen LogP contribution in [0.4, 0.5) is 13.2 Å². The normalized spacial score (nSPS) is 27.1. The van der Waals surface area contributed by atoms with E-state index in [4.69, 9.17) is 5.14 Å². The average molecular weight is 271 g/mol. The molecule has 4 nitrogen and oxygen atoms in total. The van der Waals surface area contributed by atoms with Gasteiger partial charge >= 0.3 is 6.18 Å². The van der Waals surface area contributed by atoms with Crippen LogP contribution in [0.3, 0.4) is 0 Å². The first-order valence-corrected chi connectivity index (χ1v) is 6.24. The zero-order valence-corrected chi connectivity index (χ0v) is 9.75. The molecule has 0 aliphatic heterocycles. The number of hydrogen-bond acceptors (Lipinski definition) is 3. The third-order valence-corrected chi connectivity index (χ3v) is 3.68. The molecule has 0 saturated carbocycles. The summed E-state index contributed by atoms with van der Waals surface area (Å²) in [5.41, 5.74) is 0. The quantitative estimate of drug-likeness (QED) is 0.844. The molecule has 0 aromatic heterocycles. The number of primary sulfonamides is 1. The van der Waals surface area contributed by atoms with E-state index in [1.165, 1.54) is 18.2 Å². The molecule has 0 aromatic rings. The summed E-state index contributed by atoms with van der Waals surface area (Å²) >= 11 is 0. The third kappa shape index (κ3) is 3.08. The molecular formula is C9H12F3NO3S. The number of halogens is 3. The summed E-state index contributed by atoms with van der Waals surface area (Å²) in [5, 5.41) is 4.93. The van der Waals surface area contributed by atoms with E-state index in [0.29, 0.717) is 0 Å². The van der Waals surface area contributed by atoms with E-state index in [9.17, 15) is 21.6 Å². The van der Waals surface area contributed by atoms with Gasteiger partial charge < -0.3 is 4.74 Å². The molecule has 0 fully saturated rings. The average Bonchev–Trinajstić information content (AvgIpc) is 2.16. The SMILES string of the molecule is CC(OC1(S(N)(=O)=O)C=CC=CC1)C(F)(F)F. The van der Waals surface area contributed by atoms with Crippen molar-refractivity contribution in [3.63, 3.8) is 0 Å². The predicted molar refractivity (Wildman–Crippen MR) is 55.3 cm³/mol. The van der Waals surface area contributed by atoms with Gasteiger partial charge in [0.15, 0.2) is 6.10 Å². The molecule has 98 valence electrons. The van der Waals surface area contributed by atoms with Crippen molar-refractivity contribution in [3.05, 3.63) is 24.3 Å². The minimum absolute atomic E-state index is 0.247. The molecule has 0 heterocycles. The highest BCUT2D eigenvalue weighted by Gasteiger charge is 2.48. The van der Waals surface area contributed by atoms with Gasteiger partial charge in [0.1, 0.15) is 0 Å². The Morgan fingerprint density at radius 2 is 2.00 bits per heavy atom. The highest BCUT2D eigenvalue weighted by molar-refractivity contribution is 7.90. The summed E-state index contributed by atoms with van der Waals surface area (Å²) in [6.45, 7) is 0.735. The molecule has 1 rings (SSSR count). The van der Waals surface area contributed by atoms with Crippen LogP contribution in [-0.4, -0.2) is 25.6 Å². The van der Waals surface area contributed by atoms with Crippen LogP contribution < -0.4 is 5.14 Å². The van der Waals surface area contributed by atoms with Gasteiger partial charge in [-0.2, -0.15) is 13.2 Å². The minimum atomic E-state index is -4.65. The molecule has 2 unspecified atom stereocenters. The highest BCUT2D eigenvalue weighted by Crippen LogP contribution is 2.33. The number of rotatable bonds is 3. The summed E-state index contributed by atoms with van der Waals surface area (Å²) in [6, 6.07) is 0. The van der Waals surface area contributed by atoms with Gasteiger partial charge in [0, 0.05) is 6.42 Å². The zero-order valence-electron chi connectivity index (χ0n) is 8.94. The molecular weight excluding hydrogens is 259 g/mol. The van der Waals surface area contributed by atoms with Crippen molar-refractivity contribution in [2.45, 2.75) is 30.6 Å². The molecule has 0 bridgehead atoms. The summed E-state index contributed by atoms with van der Waals surface area (Å²) in [4.78, 5) is -2.14. The van der Waals surface area contributed by atoms with Crippen LogP contribution in [-0.2, 0) is 14.8 Å². The van der Waals surface area contributed by atoms with Crippen molar-refractivity contribution in [1.82, 2.24) is 0 Å². The molecule has 17 heavy (non-hydrogen) atoms. The van der Waals surface area contributed by atoms with E-state index in [1.807, 2.05) is 0 Å². The van der Waals surface area contributed by atoms with E-state index < -0.39 is 27.2 Å². The lowest BCUT2D eigenvalue weighted by atomic mass is 10.1. The molecule has 0 amide bonds. The van der Waals surface area contributed by atoms with Crippen molar-refractivity contribution in [3.8, 4) is 0 Å².